The molecule has 0 aliphatic carbocycles. The molecule has 2 aliphatic heterocycles. The second kappa shape index (κ2) is 7.66. The maximum Gasteiger partial charge on any atom is 0.225 e. The number of nitrogens with one attached hydrogen (secondary N) is 1. The summed E-state index contributed by atoms with van der Waals surface area (Å²) in [5.41, 5.74) is 1.89. The summed E-state index contributed by atoms with van der Waals surface area (Å²) in [6, 6.07) is 3.84. The van der Waals surface area contributed by atoms with Gasteiger partial charge >= 0.3 is 0 Å². The quantitative estimate of drug-likeness (QED) is 0.894. The number of hydrogen-bond donors (Lipinski definition) is 1. The Kier molecular flexibility index (Phi) is 5.35. The summed E-state index contributed by atoms with van der Waals surface area (Å²) < 4.78 is 16.5. The summed E-state index contributed by atoms with van der Waals surface area (Å²) in [6.07, 6.45) is 1.31. The van der Waals surface area contributed by atoms with Crippen LogP contribution in [0.15, 0.2) is 12.1 Å². The number of benzene rings is 1. The number of aryl methyl sites for hydroxylation is 1. The minimum Gasteiger partial charge on any atom is -0.486 e. The van der Waals surface area contributed by atoms with Crippen molar-refractivity contribution in [3.05, 3.63) is 17.7 Å². The first-order valence-electron chi connectivity index (χ1n) is 8.28. The van der Waals surface area contributed by atoms with Crippen LogP contribution in [0.3, 0.4) is 0 Å². The minimum atomic E-state index is 0.0304. The zero-order valence-corrected chi connectivity index (χ0v) is 13.6. The summed E-state index contributed by atoms with van der Waals surface area (Å²) in [5, 5.41) is 3.02. The van der Waals surface area contributed by atoms with E-state index >= 15 is 0 Å². The fourth-order valence-corrected chi connectivity index (χ4v) is 2.84. The van der Waals surface area contributed by atoms with Gasteiger partial charge in [0.15, 0.2) is 11.5 Å². The van der Waals surface area contributed by atoms with Crippen molar-refractivity contribution in [3.8, 4) is 11.5 Å². The van der Waals surface area contributed by atoms with E-state index in [1.54, 1.807) is 0 Å². The highest BCUT2D eigenvalue weighted by molar-refractivity contribution is 5.92. The second-order valence-electron chi connectivity index (χ2n) is 5.76. The number of morpholine rings is 1. The number of carbonyl (C=O) groups is 1. The molecule has 1 fully saturated rings. The average molecular weight is 320 g/mol. The first kappa shape index (κ1) is 16.1. The largest absolute Gasteiger partial charge is 0.486 e. The maximum atomic E-state index is 12.3. The van der Waals surface area contributed by atoms with Gasteiger partial charge in [-0.15, -0.1) is 0 Å². The highest BCUT2D eigenvalue weighted by atomic mass is 16.6. The standard InChI is InChI=1S/C17H24N2O4/c1-2-13-11-15-16(23-10-9-22-15)12-14(13)18-17(20)3-4-19-5-7-21-8-6-19/h11-12H,2-10H2,1H3,(H,18,20). The Bertz CT molecular complexity index is 556. The summed E-state index contributed by atoms with van der Waals surface area (Å²) >= 11 is 0. The third kappa shape index (κ3) is 4.14. The lowest BCUT2D eigenvalue weighted by molar-refractivity contribution is -0.116. The molecule has 1 aromatic carbocycles. The van der Waals surface area contributed by atoms with E-state index in [0.717, 1.165) is 56.3 Å². The van der Waals surface area contributed by atoms with Gasteiger partial charge in [-0.05, 0) is 18.1 Å². The van der Waals surface area contributed by atoms with Crippen molar-refractivity contribution in [1.82, 2.24) is 4.90 Å². The third-order valence-corrected chi connectivity index (χ3v) is 4.18. The van der Waals surface area contributed by atoms with Gasteiger partial charge in [0.2, 0.25) is 5.91 Å². The predicted molar refractivity (Wildman–Crippen MR) is 87.3 cm³/mol. The van der Waals surface area contributed by atoms with Gasteiger partial charge in [0.25, 0.3) is 0 Å². The van der Waals surface area contributed by atoms with Crippen LogP contribution in [-0.4, -0.2) is 56.9 Å². The van der Waals surface area contributed by atoms with Gasteiger partial charge in [0, 0.05) is 37.8 Å². The van der Waals surface area contributed by atoms with Crippen molar-refractivity contribution in [2.24, 2.45) is 0 Å². The number of ether oxygens (including phenoxy) is 3. The van der Waals surface area contributed by atoms with Crippen LogP contribution in [0.5, 0.6) is 11.5 Å². The van der Waals surface area contributed by atoms with Crippen LogP contribution in [0.25, 0.3) is 0 Å². The van der Waals surface area contributed by atoms with Crippen molar-refractivity contribution in [2.75, 3.05) is 51.4 Å². The molecular formula is C17H24N2O4. The van der Waals surface area contributed by atoms with Crippen molar-refractivity contribution < 1.29 is 19.0 Å². The summed E-state index contributed by atoms with van der Waals surface area (Å²) in [6.45, 7) is 7.25. The molecule has 2 aliphatic rings. The molecule has 0 saturated carbocycles. The molecule has 3 rings (SSSR count). The number of amides is 1. The second-order valence-corrected chi connectivity index (χ2v) is 5.76. The van der Waals surface area contributed by atoms with E-state index in [1.165, 1.54) is 0 Å². The molecule has 23 heavy (non-hydrogen) atoms. The van der Waals surface area contributed by atoms with E-state index in [-0.39, 0.29) is 5.91 Å². The Hall–Kier alpha value is -1.79. The topological polar surface area (TPSA) is 60.0 Å². The van der Waals surface area contributed by atoms with Crippen LogP contribution in [0.2, 0.25) is 0 Å². The first-order valence-corrected chi connectivity index (χ1v) is 8.28. The zero-order valence-electron chi connectivity index (χ0n) is 13.6. The van der Waals surface area contributed by atoms with Crippen LogP contribution in [0.4, 0.5) is 5.69 Å². The van der Waals surface area contributed by atoms with Crippen molar-refractivity contribution in [3.63, 3.8) is 0 Å². The minimum absolute atomic E-state index is 0.0304. The van der Waals surface area contributed by atoms with Crippen molar-refractivity contribution in [1.29, 1.82) is 0 Å². The van der Waals surface area contributed by atoms with Crippen molar-refractivity contribution >= 4 is 11.6 Å². The number of fused-ring (bicyclic) bond motifs is 1. The van der Waals surface area contributed by atoms with Crippen LogP contribution >= 0.6 is 0 Å². The summed E-state index contributed by atoms with van der Waals surface area (Å²) in [7, 11) is 0. The van der Waals surface area contributed by atoms with Gasteiger partial charge in [-0.25, -0.2) is 0 Å². The summed E-state index contributed by atoms with van der Waals surface area (Å²) in [4.78, 5) is 14.5. The van der Waals surface area contributed by atoms with Gasteiger partial charge in [0.05, 0.1) is 13.2 Å². The Morgan fingerprint density at radius 2 is 1.83 bits per heavy atom. The molecule has 0 atom stereocenters. The van der Waals surface area contributed by atoms with Crippen LogP contribution in [0.1, 0.15) is 18.9 Å². The van der Waals surface area contributed by atoms with E-state index in [4.69, 9.17) is 14.2 Å². The molecule has 1 amide bonds. The number of nitrogens with zero attached hydrogens (tertiary/aromatic N) is 1. The molecule has 0 bridgehead atoms. The molecule has 1 aromatic rings. The molecule has 2 heterocycles. The molecule has 126 valence electrons. The highest BCUT2D eigenvalue weighted by Gasteiger charge is 2.17. The Morgan fingerprint density at radius 1 is 1.13 bits per heavy atom. The molecular weight excluding hydrogens is 296 g/mol. The van der Waals surface area contributed by atoms with Crippen molar-refractivity contribution in [2.45, 2.75) is 19.8 Å². The SMILES string of the molecule is CCc1cc2c(cc1NC(=O)CCN1CCOCC1)OCCO2. The lowest BCUT2D eigenvalue weighted by atomic mass is 10.1. The molecule has 1 saturated heterocycles. The molecule has 0 aromatic heterocycles. The van der Waals surface area contributed by atoms with Gasteiger partial charge in [-0.3, -0.25) is 9.69 Å². The van der Waals surface area contributed by atoms with E-state index in [1.807, 2.05) is 12.1 Å². The van der Waals surface area contributed by atoms with E-state index < -0.39 is 0 Å². The predicted octanol–water partition coefficient (Wildman–Crippen LogP) is 1.68. The van der Waals surface area contributed by atoms with Crippen LogP contribution in [0, 0.1) is 0 Å². The zero-order chi connectivity index (χ0) is 16.1. The number of carbonyl (C=O) groups excluding carboxylic acids is 1. The number of anilines is 1. The maximum absolute atomic E-state index is 12.3. The van der Waals surface area contributed by atoms with Crippen LogP contribution < -0.4 is 14.8 Å². The summed E-state index contributed by atoms with van der Waals surface area (Å²) in [5.74, 6) is 1.50. The fourth-order valence-electron chi connectivity index (χ4n) is 2.84. The first-order chi connectivity index (χ1) is 11.3. The van der Waals surface area contributed by atoms with E-state index in [2.05, 4.69) is 17.1 Å². The average Bonchev–Trinajstić information content (AvgIpc) is 2.60. The normalized spacial score (nSPS) is 17.8. The monoisotopic (exact) mass is 320 g/mol. The Morgan fingerprint density at radius 3 is 2.52 bits per heavy atom. The van der Waals surface area contributed by atoms with Gasteiger partial charge < -0.3 is 19.5 Å². The Labute approximate surface area is 136 Å². The van der Waals surface area contributed by atoms with Gasteiger partial charge in [0.1, 0.15) is 13.2 Å². The van der Waals surface area contributed by atoms with Gasteiger partial charge in [-0.1, -0.05) is 6.92 Å². The highest BCUT2D eigenvalue weighted by Crippen LogP contribution is 2.35. The molecule has 0 spiro atoms. The lowest BCUT2D eigenvalue weighted by Gasteiger charge is -2.26. The third-order valence-electron chi connectivity index (χ3n) is 4.18. The van der Waals surface area contributed by atoms with Crippen LogP contribution in [-0.2, 0) is 16.0 Å². The van der Waals surface area contributed by atoms with E-state index in [0.29, 0.717) is 25.4 Å². The van der Waals surface area contributed by atoms with Gasteiger partial charge in [-0.2, -0.15) is 0 Å². The molecule has 0 unspecified atom stereocenters. The Balaban J connectivity index is 1.60. The lowest BCUT2D eigenvalue weighted by Crippen LogP contribution is -2.38. The fraction of sp³-hybridized carbons (Fsp3) is 0.588. The number of hydrogen-bond acceptors (Lipinski definition) is 5. The van der Waals surface area contributed by atoms with E-state index in [9.17, 15) is 4.79 Å². The molecule has 1 N–H and O–H groups in total. The number of rotatable bonds is 5. The molecule has 6 nitrogen and oxygen atoms in total. The molecule has 0 radical (unpaired) electrons. The molecule has 6 heteroatoms. The smallest absolute Gasteiger partial charge is 0.225 e.